The summed E-state index contributed by atoms with van der Waals surface area (Å²) in [4.78, 5) is 2.18. The van der Waals surface area contributed by atoms with E-state index in [0.717, 1.165) is 12.1 Å². The standard InChI is InChI=1S/C15H26N2O2/c1-6-19-13-9-7-8-12(14(13)18)10-16-11-15(2,3)17(4)5/h7-9,16,18H,6,10-11H2,1-5H3. The van der Waals surface area contributed by atoms with E-state index in [1.54, 1.807) is 6.07 Å². The third-order valence-electron chi connectivity index (χ3n) is 3.47. The van der Waals surface area contributed by atoms with Crippen molar-refractivity contribution in [2.75, 3.05) is 27.2 Å². The van der Waals surface area contributed by atoms with E-state index in [9.17, 15) is 5.11 Å². The fourth-order valence-electron chi connectivity index (χ4n) is 1.64. The summed E-state index contributed by atoms with van der Waals surface area (Å²) in [5, 5.41) is 13.5. The van der Waals surface area contributed by atoms with Crippen molar-refractivity contribution in [1.82, 2.24) is 10.2 Å². The molecule has 0 amide bonds. The van der Waals surface area contributed by atoms with Crippen LogP contribution >= 0.6 is 0 Å². The molecule has 4 heteroatoms. The summed E-state index contributed by atoms with van der Waals surface area (Å²) < 4.78 is 5.38. The summed E-state index contributed by atoms with van der Waals surface area (Å²) in [5.74, 6) is 0.785. The molecule has 1 aromatic rings. The van der Waals surface area contributed by atoms with Gasteiger partial charge in [0.15, 0.2) is 11.5 Å². The van der Waals surface area contributed by atoms with Gasteiger partial charge in [0.05, 0.1) is 6.61 Å². The summed E-state index contributed by atoms with van der Waals surface area (Å²) >= 11 is 0. The molecule has 0 aliphatic carbocycles. The van der Waals surface area contributed by atoms with Crippen LogP contribution in [0.5, 0.6) is 11.5 Å². The smallest absolute Gasteiger partial charge is 0.162 e. The first-order valence-corrected chi connectivity index (χ1v) is 6.70. The number of phenolic OH excluding ortho intramolecular Hbond substituents is 1. The number of rotatable bonds is 7. The Kier molecular flexibility index (Phi) is 5.63. The lowest BCUT2D eigenvalue weighted by molar-refractivity contribution is 0.189. The van der Waals surface area contributed by atoms with Gasteiger partial charge in [0.1, 0.15) is 0 Å². The van der Waals surface area contributed by atoms with Gasteiger partial charge in [-0.05, 0) is 40.9 Å². The minimum atomic E-state index is 0.0765. The number of benzene rings is 1. The molecule has 0 atom stereocenters. The highest BCUT2D eigenvalue weighted by Gasteiger charge is 2.19. The number of phenols is 1. The zero-order valence-corrected chi connectivity index (χ0v) is 12.7. The molecule has 19 heavy (non-hydrogen) atoms. The van der Waals surface area contributed by atoms with Crippen LogP contribution in [0.1, 0.15) is 26.3 Å². The number of aromatic hydroxyl groups is 1. The number of hydrogen-bond donors (Lipinski definition) is 2. The van der Waals surface area contributed by atoms with E-state index in [4.69, 9.17) is 4.74 Å². The van der Waals surface area contributed by atoms with E-state index < -0.39 is 0 Å². The minimum absolute atomic E-state index is 0.0765. The van der Waals surface area contributed by atoms with E-state index in [1.165, 1.54) is 0 Å². The van der Waals surface area contributed by atoms with Crippen molar-refractivity contribution in [3.05, 3.63) is 23.8 Å². The molecule has 0 saturated carbocycles. The van der Waals surface area contributed by atoms with Gasteiger partial charge in [-0.25, -0.2) is 0 Å². The first-order chi connectivity index (χ1) is 8.88. The van der Waals surface area contributed by atoms with Gasteiger partial charge in [0.25, 0.3) is 0 Å². The Hall–Kier alpha value is -1.26. The van der Waals surface area contributed by atoms with Gasteiger partial charge < -0.3 is 20.1 Å². The highest BCUT2D eigenvalue weighted by molar-refractivity contribution is 5.45. The largest absolute Gasteiger partial charge is 0.504 e. The third-order valence-corrected chi connectivity index (χ3v) is 3.47. The maximum absolute atomic E-state index is 10.1. The molecule has 0 aliphatic rings. The van der Waals surface area contributed by atoms with E-state index in [2.05, 4.69) is 38.2 Å². The lowest BCUT2D eigenvalue weighted by Crippen LogP contribution is -2.46. The maximum Gasteiger partial charge on any atom is 0.162 e. The van der Waals surface area contributed by atoms with E-state index in [1.807, 2.05) is 19.1 Å². The fraction of sp³-hybridized carbons (Fsp3) is 0.600. The van der Waals surface area contributed by atoms with Crippen LogP contribution in [0.3, 0.4) is 0 Å². The highest BCUT2D eigenvalue weighted by Crippen LogP contribution is 2.29. The second-order valence-corrected chi connectivity index (χ2v) is 5.51. The van der Waals surface area contributed by atoms with Crippen molar-refractivity contribution >= 4 is 0 Å². The number of likely N-dealkylation sites (N-methyl/N-ethyl adjacent to an activating group) is 1. The Morgan fingerprint density at radius 1 is 1.32 bits per heavy atom. The van der Waals surface area contributed by atoms with Crippen LogP contribution in [-0.4, -0.2) is 42.8 Å². The molecule has 108 valence electrons. The lowest BCUT2D eigenvalue weighted by Gasteiger charge is -2.32. The van der Waals surface area contributed by atoms with Crippen molar-refractivity contribution in [3.8, 4) is 11.5 Å². The van der Waals surface area contributed by atoms with Gasteiger partial charge in [-0.2, -0.15) is 0 Å². The topological polar surface area (TPSA) is 44.7 Å². The van der Waals surface area contributed by atoms with Gasteiger partial charge in [0, 0.05) is 24.2 Å². The molecule has 2 N–H and O–H groups in total. The lowest BCUT2D eigenvalue weighted by atomic mass is 10.0. The first-order valence-electron chi connectivity index (χ1n) is 6.70. The van der Waals surface area contributed by atoms with Crippen LogP contribution in [0.15, 0.2) is 18.2 Å². The Labute approximate surface area is 116 Å². The van der Waals surface area contributed by atoms with Crippen LogP contribution in [-0.2, 0) is 6.54 Å². The third kappa shape index (κ3) is 4.40. The Balaban J connectivity index is 2.61. The molecule has 0 radical (unpaired) electrons. The Morgan fingerprint density at radius 2 is 2.00 bits per heavy atom. The van der Waals surface area contributed by atoms with Crippen molar-refractivity contribution in [1.29, 1.82) is 0 Å². The van der Waals surface area contributed by atoms with Crippen LogP contribution in [0, 0.1) is 0 Å². The molecule has 1 aromatic carbocycles. The van der Waals surface area contributed by atoms with Gasteiger partial charge in [-0.15, -0.1) is 0 Å². The fourth-order valence-corrected chi connectivity index (χ4v) is 1.64. The van der Waals surface area contributed by atoms with Crippen LogP contribution in [0.25, 0.3) is 0 Å². The minimum Gasteiger partial charge on any atom is -0.504 e. The second kappa shape index (κ2) is 6.78. The molecule has 0 spiro atoms. The molecule has 0 unspecified atom stereocenters. The predicted molar refractivity (Wildman–Crippen MR) is 78.7 cm³/mol. The maximum atomic E-state index is 10.1. The second-order valence-electron chi connectivity index (χ2n) is 5.51. The quantitative estimate of drug-likeness (QED) is 0.794. The summed E-state index contributed by atoms with van der Waals surface area (Å²) in [6.07, 6.45) is 0. The average molecular weight is 266 g/mol. The number of hydrogen-bond acceptors (Lipinski definition) is 4. The van der Waals surface area contributed by atoms with Crippen molar-refractivity contribution in [3.63, 3.8) is 0 Å². The van der Waals surface area contributed by atoms with Gasteiger partial charge in [-0.3, -0.25) is 0 Å². The van der Waals surface area contributed by atoms with E-state index >= 15 is 0 Å². The summed E-state index contributed by atoms with van der Waals surface area (Å²) in [5.41, 5.74) is 0.938. The van der Waals surface area contributed by atoms with E-state index in [0.29, 0.717) is 18.9 Å². The Bertz CT molecular complexity index is 403. The highest BCUT2D eigenvalue weighted by atomic mass is 16.5. The summed E-state index contributed by atoms with van der Waals surface area (Å²) in [6, 6.07) is 5.60. The molecule has 0 fully saturated rings. The molecular formula is C15H26N2O2. The number of para-hydroxylation sites is 1. The average Bonchev–Trinajstić information content (AvgIpc) is 2.33. The van der Waals surface area contributed by atoms with Gasteiger partial charge in [-0.1, -0.05) is 12.1 Å². The van der Waals surface area contributed by atoms with Crippen molar-refractivity contribution < 1.29 is 9.84 Å². The predicted octanol–water partition coefficient (Wildman–Crippen LogP) is 2.22. The number of nitrogens with zero attached hydrogens (tertiary/aromatic N) is 1. The van der Waals surface area contributed by atoms with Gasteiger partial charge in [0.2, 0.25) is 0 Å². The summed E-state index contributed by atoms with van der Waals surface area (Å²) in [7, 11) is 4.13. The van der Waals surface area contributed by atoms with Crippen molar-refractivity contribution in [2.45, 2.75) is 32.9 Å². The van der Waals surface area contributed by atoms with Gasteiger partial charge >= 0.3 is 0 Å². The SMILES string of the molecule is CCOc1cccc(CNCC(C)(C)N(C)C)c1O. The van der Waals surface area contributed by atoms with Crippen LogP contribution < -0.4 is 10.1 Å². The summed E-state index contributed by atoms with van der Waals surface area (Å²) in [6.45, 7) is 8.29. The molecule has 0 heterocycles. The number of ether oxygens (including phenoxy) is 1. The molecular weight excluding hydrogens is 240 g/mol. The normalized spacial score (nSPS) is 11.9. The zero-order chi connectivity index (χ0) is 14.5. The van der Waals surface area contributed by atoms with Crippen LogP contribution in [0.4, 0.5) is 0 Å². The van der Waals surface area contributed by atoms with E-state index in [-0.39, 0.29) is 11.3 Å². The van der Waals surface area contributed by atoms with Crippen molar-refractivity contribution in [2.24, 2.45) is 0 Å². The van der Waals surface area contributed by atoms with Crippen LogP contribution in [0.2, 0.25) is 0 Å². The molecule has 0 aromatic heterocycles. The monoisotopic (exact) mass is 266 g/mol. The molecule has 0 aliphatic heterocycles. The Morgan fingerprint density at radius 3 is 2.58 bits per heavy atom. The first kappa shape index (κ1) is 15.8. The molecule has 0 saturated heterocycles. The zero-order valence-electron chi connectivity index (χ0n) is 12.7. The molecule has 4 nitrogen and oxygen atoms in total. The number of nitrogens with one attached hydrogen (secondary N) is 1. The molecule has 1 rings (SSSR count). The molecule has 0 bridgehead atoms.